The number of rotatable bonds is 7. The SMILES string of the molecule is O=C1N=C(COc2cccc(Cl)c2)C(C(=O)OCc2cc(F)cc(F)c2)C(c2ccncc2)N1. The minimum Gasteiger partial charge on any atom is -0.488 e. The standard InChI is InChI=1S/C24H18ClF2N3O4/c25-16-2-1-3-19(10-16)33-13-20-21(22(30-24(32)29-20)15-4-6-28-7-5-15)23(31)34-12-14-8-17(26)11-18(27)9-14/h1-11,21-22H,12-13H2,(H,30,32). The maximum Gasteiger partial charge on any atom is 0.341 e. The number of hydrogen-bond acceptors (Lipinski definition) is 5. The van der Waals surface area contributed by atoms with Crippen LogP contribution in [0.15, 0.2) is 72.0 Å². The topological polar surface area (TPSA) is 89.9 Å². The number of nitrogens with one attached hydrogen (secondary N) is 1. The van der Waals surface area contributed by atoms with Gasteiger partial charge in [0.1, 0.15) is 36.5 Å². The lowest BCUT2D eigenvalue weighted by Crippen LogP contribution is -2.46. The third-order valence-corrected chi connectivity index (χ3v) is 5.26. The Balaban J connectivity index is 1.59. The van der Waals surface area contributed by atoms with Gasteiger partial charge >= 0.3 is 12.0 Å². The molecule has 2 aromatic carbocycles. The minimum absolute atomic E-state index is 0.126. The summed E-state index contributed by atoms with van der Waals surface area (Å²) >= 11 is 5.99. The second-order valence-electron chi connectivity index (χ2n) is 7.42. The third kappa shape index (κ3) is 5.74. The summed E-state index contributed by atoms with van der Waals surface area (Å²) in [6.45, 7) is -0.562. The first-order valence-corrected chi connectivity index (χ1v) is 10.5. The van der Waals surface area contributed by atoms with Gasteiger partial charge in [-0.25, -0.2) is 13.6 Å². The number of benzene rings is 2. The van der Waals surface area contributed by atoms with Crippen molar-refractivity contribution in [1.82, 2.24) is 10.3 Å². The van der Waals surface area contributed by atoms with E-state index in [1.807, 2.05) is 0 Å². The molecule has 4 rings (SSSR count). The van der Waals surface area contributed by atoms with Crippen molar-refractivity contribution >= 4 is 29.3 Å². The van der Waals surface area contributed by atoms with Crippen LogP contribution in [-0.2, 0) is 16.1 Å². The van der Waals surface area contributed by atoms with Gasteiger partial charge in [0.15, 0.2) is 0 Å². The summed E-state index contributed by atoms with van der Waals surface area (Å²) in [7, 11) is 0. The number of halogens is 3. The smallest absolute Gasteiger partial charge is 0.341 e. The number of nitrogens with zero attached hydrogens (tertiary/aromatic N) is 2. The van der Waals surface area contributed by atoms with Crippen molar-refractivity contribution < 1.29 is 27.8 Å². The zero-order valence-corrected chi connectivity index (χ0v) is 18.3. The van der Waals surface area contributed by atoms with Gasteiger partial charge in [-0.3, -0.25) is 9.78 Å². The summed E-state index contributed by atoms with van der Waals surface area (Å²) in [5.74, 6) is -2.97. The molecule has 0 fully saturated rings. The van der Waals surface area contributed by atoms with E-state index >= 15 is 0 Å². The molecule has 7 nitrogen and oxygen atoms in total. The predicted molar refractivity (Wildman–Crippen MR) is 120 cm³/mol. The predicted octanol–water partition coefficient (Wildman–Crippen LogP) is 4.66. The van der Waals surface area contributed by atoms with Crippen molar-refractivity contribution in [2.75, 3.05) is 6.61 Å². The Kier molecular flexibility index (Phi) is 7.12. The average molecular weight is 486 g/mol. The quantitative estimate of drug-likeness (QED) is 0.492. The van der Waals surface area contributed by atoms with Crippen molar-refractivity contribution in [2.24, 2.45) is 10.9 Å². The number of amides is 2. The summed E-state index contributed by atoms with van der Waals surface area (Å²) in [4.78, 5) is 33.4. The fourth-order valence-corrected chi connectivity index (χ4v) is 3.71. The van der Waals surface area contributed by atoms with Crippen LogP contribution in [0.25, 0.3) is 0 Å². The van der Waals surface area contributed by atoms with Crippen molar-refractivity contribution in [3.63, 3.8) is 0 Å². The van der Waals surface area contributed by atoms with Gasteiger partial charge in [-0.15, -0.1) is 0 Å². The molecule has 34 heavy (non-hydrogen) atoms. The van der Waals surface area contributed by atoms with Gasteiger partial charge in [-0.1, -0.05) is 17.7 Å². The van der Waals surface area contributed by atoms with Crippen molar-refractivity contribution in [3.05, 3.63) is 94.8 Å². The number of pyridine rings is 1. The van der Waals surface area contributed by atoms with Crippen LogP contribution in [0.1, 0.15) is 17.2 Å². The molecule has 0 aliphatic carbocycles. The molecule has 2 heterocycles. The highest BCUT2D eigenvalue weighted by Crippen LogP contribution is 2.29. The number of esters is 1. The molecular formula is C24H18ClF2N3O4. The Morgan fingerprint density at radius 1 is 1.03 bits per heavy atom. The molecule has 3 aromatic rings. The lowest BCUT2D eigenvalue weighted by atomic mass is 9.88. The van der Waals surface area contributed by atoms with Gasteiger partial charge < -0.3 is 14.8 Å². The molecule has 174 valence electrons. The molecule has 0 bridgehead atoms. The summed E-state index contributed by atoms with van der Waals surface area (Å²) in [5, 5.41) is 3.12. The fourth-order valence-electron chi connectivity index (χ4n) is 3.53. The van der Waals surface area contributed by atoms with E-state index in [1.54, 1.807) is 36.4 Å². The Labute approximate surface area is 198 Å². The number of ether oxygens (including phenoxy) is 2. The van der Waals surface area contributed by atoms with Crippen LogP contribution in [0.5, 0.6) is 5.75 Å². The Morgan fingerprint density at radius 3 is 2.47 bits per heavy atom. The van der Waals surface area contributed by atoms with Gasteiger partial charge in [0.05, 0.1) is 11.8 Å². The van der Waals surface area contributed by atoms with E-state index in [-0.39, 0.29) is 24.5 Å². The van der Waals surface area contributed by atoms with Crippen molar-refractivity contribution in [3.8, 4) is 5.75 Å². The normalized spacial score (nSPS) is 17.5. The second kappa shape index (κ2) is 10.4. The van der Waals surface area contributed by atoms with Gasteiger partial charge in [0.25, 0.3) is 0 Å². The Hall–Kier alpha value is -3.85. The maximum absolute atomic E-state index is 13.5. The molecular weight excluding hydrogens is 468 g/mol. The van der Waals surface area contributed by atoms with Gasteiger partial charge in [-0.2, -0.15) is 4.99 Å². The highest BCUT2D eigenvalue weighted by atomic mass is 35.5. The summed E-state index contributed by atoms with van der Waals surface area (Å²) in [6.07, 6.45) is 3.04. The number of aliphatic imine (C=N–C) groups is 1. The van der Waals surface area contributed by atoms with E-state index in [0.717, 1.165) is 18.2 Å². The lowest BCUT2D eigenvalue weighted by molar-refractivity contribution is -0.148. The highest BCUT2D eigenvalue weighted by Gasteiger charge is 2.40. The van der Waals surface area contributed by atoms with E-state index < -0.39 is 35.6 Å². The number of carbonyl (C=O) groups is 2. The Morgan fingerprint density at radius 2 is 1.76 bits per heavy atom. The van der Waals surface area contributed by atoms with Crippen LogP contribution in [0.2, 0.25) is 5.02 Å². The maximum atomic E-state index is 13.5. The molecule has 2 amide bonds. The highest BCUT2D eigenvalue weighted by molar-refractivity contribution is 6.30. The van der Waals surface area contributed by atoms with E-state index in [4.69, 9.17) is 21.1 Å². The molecule has 2 unspecified atom stereocenters. The van der Waals surface area contributed by atoms with Crippen molar-refractivity contribution in [2.45, 2.75) is 12.6 Å². The van der Waals surface area contributed by atoms with E-state index in [2.05, 4.69) is 15.3 Å². The number of carbonyl (C=O) groups excluding carboxylic acids is 2. The zero-order valence-electron chi connectivity index (χ0n) is 17.6. The molecule has 10 heteroatoms. The molecule has 0 saturated heterocycles. The van der Waals surface area contributed by atoms with Crippen LogP contribution in [0, 0.1) is 17.6 Å². The van der Waals surface area contributed by atoms with Crippen molar-refractivity contribution in [1.29, 1.82) is 0 Å². The van der Waals surface area contributed by atoms with Crippen LogP contribution in [0.4, 0.5) is 13.6 Å². The van der Waals surface area contributed by atoms with Crippen LogP contribution in [-0.4, -0.2) is 29.3 Å². The minimum atomic E-state index is -1.06. The third-order valence-electron chi connectivity index (χ3n) is 5.02. The van der Waals surface area contributed by atoms with Crippen LogP contribution < -0.4 is 10.1 Å². The van der Waals surface area contributed by atoms with E-state index in [0.29, 0.717) is 16.3 Å². The van der Waals surface area contributed by atoms with E-state index in [1.165, 1.54) is 12.4 Å². The second-order valence-corrected chi connectivity index (χ2v) is 7.86. The monoisotopic (exact) mass is 485 g/mol. The van der Waals surface area contributed by atoms with E-state index in [9.17, 15) is 18.4 Å². The molecule has 2 atom stereocenters. The largest absolute Gasteiger partial charge is 0.488 e. The molecule has 0 spiro atoms. The number of aromatic nitrogens is 1. The first kappa shape index (κ1) is 23.3. The summed E-state index contributed by atoms with van der Waals surface area (Å²) in [5.41, 5.74) is 0.859. The average Bonchev–Trinajstić information content (AvgIpc) is 2.81. The molecule has 1 aliphatic rings. The first-order valence-electron chi connectivity index (χ1n) is 10.2. The molecule has 1 aliphatic heterocycles. The van der Waals surface area contributed by atoms with Gasteiger partial charge in [0.2, 0.25) is 0 Å². The molecule has 0 radical (unpaired) electrons. The van der Waals surface area contributed by atoms with Gasteiger partial charge in [0, 0.05) is 23.5 Å². The number of hydrogen-bond donors (Lipinski definition) is 1. The first-order chi connectivity index (χ1) is 16.4. The van der Waals surface area contributed by atoms with Crippen LogP contribution in [0.3, 0.4) is 0 Å². The fraction of sp³-hybridized carbons (Fsp3) is 0.167. The molecule has 1 N–H and O–H groups in total. The molecule has 0 saturated carbocycles. The number of urea groups is 1. The zero-order chi connectivity index (χ0) is 24.1. The Bertz CT molecular complexity index is 1220. The lowest BCUT2D eigenvalue weighted by Gasteiger charge is -2.30. The summed E-state index contributed by atoms with van der Waals surface area (Å²) in [6, 6.07) is 11.3. The summed E-state index contributed by atoms with van der Waals surface area (Å²) < 4.78 is 38.1. The van der Waals surface area contributed by atoms with Gasteiger partial charge in [-0.05, 0) is 53.6 Å². The van der Waals surface area contributed by atoms with Crippen LogP contribution >= 0.6 is 11.6 Å². The molecule has 1 aromatic heterocycles.